The quantitative estimate of drug-likeness (QED) is 0.635. The number of nitrogens with one attached hydrogen (secondary N) is 2. The van der Waals surface area contributed by atoms with Gasteiger partial charge in [0.2, 0.25) is 5.91 Å². The van der Waals surface area contributed by atoms with Gasteiger partial charge in [-0.3, -0.25) is 4.79 Å². The molecule has 0 aliphatic heterocycles. The lowest BCUT2D eigenvalue weighted by Gasteiger charge is -2.33. The number of esters is 1. The molecule has 2 aromatic rings. The molecular formula is C15H16F3N3O3S. The summed E-state index contributed by atoms with van der Waals surface area (Å²) in [6.45, 7) is 4.52. The van der Waals surface area contributed by atoms with Crippen LogP contribution < -0.4 is 10.6 Å². The van der Waals surface area contributed by atoms with Crippen molar-refractivity contribution in [1.29, 1.82) is 0 Å². The molecule has 0 fully saturated rings. The number of thiazole rings is 1. The second-order valence-corrected chi connectivity index (χ2v) is 6.45. The van der Waals surface area contributed by atoms with Gasteiger partial charge in [-0.2, -0.15) is 13.2 Å². The number of halogens is 3. The fraction of sp³-hybridized carbons (Fsp3) is 0.400. The van der Waals surface area contributed by atoms with E-state index >= 15 is 0 Å². The number of amides is 1. The summed E-state index contributed by atoms with van der Waals surface area (Å²) < 4.78 is 45.9. The van der Waals surface area contributed by atoms with Gasteiger partial charge in [-0.1, -0.05) is 17.4 Å². The molecule has 6 nitrogen and oxygen atoms in total. The van der Waals surface area contributed by atoms with E-state index in [0.717, 1.165) is 36.5 Å². The SMILES string of the molecule is COC(=O)[C@@](NC(C)=O)(Nc1nc2c(C)c(C)ccc2s1)C(F)(F)F. The maximum atomic E-state index is 13.7. The van der Waals surface area contributed by atoms with Crippen LogP contribution in [0.2, 0.25) is 0 Å². The van der Waals surface area contributed by atoms with E-state index in [2.05, 4.69) is 9.72 Å². The number of alkyl halides is 3. The Morgan fingerprint density at radius 3 is 2.40 bits per heavy atom. The minimum Gasteiger partial charge on any atom is -0.466 e. The standard InChI is InChI=1S/C15H16F3N3O3S/c1-7-5-6-10-11(8(7)2)19-13(25-10)21-14(12(23)24-4,15(16,17)18)20-9(3)22/h5-6H,1-4H3,(H,19,21)(H,20,22)/t14-/m1/s1. The lowest BCUT2D eigenvalue weighted by atomic mass is 10.1. The van der Waals surface area contributed by atoms with Crippen LogP contribution >= 0.6 is 11.3 Å². The fourth-order valence-corrected chi connectivity index (χ4v) is 3.23. The van der Waals surface area contributed by atoms with Crippen molar-refractivity contribution in [2.45, 2.75) is 32.6 Å². The highest BCUT2D eigenvalue weighted by Crippen LogP contribution is 2.36. The highest BCUT2D eigenvalue weighted by molar-refractivity contribution is 7.22. The summed E-state index contributed by atoms with van der Waals surface area (Å²) in [4.78, 5) is 27.4. The summed E-state index contributed by atoms with van der Waals surface area (Å²) in [5, 5.41) is 3.48. The molecule has 0 aliphatic rings. The molecule has 1 heterocycles. The normalized spacial score (nSPS) is 14.0. The van der Waals surface area contributed by atoms with E-state index in [1.807, 2.05) is 18.3 Å². The van der Waals surface area contributed by atoms with Crippen LogP contribution in [0, 0.1) is 13.8 Å². The first-order valence-electron chi connectivity index (χ1n) is 7.10. The molecule has 0 radical (unpaired) electrons. The molecule has 2 rings (SSSR count). The van der Waals surface area contributed by atoms with E-state index in [1.165, 1.54) is 0 Å². The summed E-state index contributed by atoms with van der Waals surface area (Å²) in [7, 11) is 0.804. The van der Waals surface area contributed by atoms with Gasteiger partial charge in [-0.05, 0) is 31.0 Å². The summed E-state index contributed by atoms with van der Waals surface area (Å²) in [5.41, 5.74) is -1.15. The van der Waals surface area contributed by atoms with Crippen LogP contribution in [0.3, 0.4) is 0 Å². The van der Waals surface area contributed by atoms with Crippen LogP contribution in [0.15, 0.2) is 12.1 Å². The molecule has 0 saturated carbocycles. The Morgan fingerprint density at radius 1 is 1.24 bits per heavy atom. The largest absolute Gasteiger partial charge is 0.466 e. The molecule has 25 heavy (non-hydrogen) atoms. The van der Waals surface area contributed by atoms with E-state index in [-0.39, 0.29) is 5.13 Å². The maximum absolute atomic E-state index is 13.7. The molecule has 1 amide bonds. The molecule has 136 valence electrons. The van der Waals surface area contributed by atoms with Gasteiger partial charge in [0.25, 0.3) is 0 Å². The number of hydrogen-bond acceptors (Lipinski definition) is 6. The van der Waals surface area contributed by atoms with Gasteiger partial charge in [0.1, 0.15) is 0 Å². The Morgan fingerprint density at radius 2 is 1.88 bits per heavy atom. The van der Waals surface area contributed by atoms with Gasteiger partial charge in [-0.15, -0.1) is 0 Å². The number of aryl methyl sites for hydroxylation is 2. The van der Waals surface area contributed by atoms with Gasteiger partial charge < -0.3 is 15.4 Å². The van der Waals surface area contributed by atoms with E-state index in [0.29, 0.717) is 10.2 Å². The zero-order chi connectivity index (χ0) is 19.0. The second-order valence-electron chi connectivity index (χ2n) is 5.42. The lowest BCUT2D eigenvalue weighted by Crippen LogP contribution is -2.69. The third-order valence-corrected chi connectivity index (χ3v) is 4.60. The lowest BCUT2D eigenvalue weighted by molar-refractivity contribution is -0.206. The zero-order valence-corrected chi connectivity index (χ0v) is 14.7. The number of anilines is 1. The molecular weight excluding hydrogens is 359 g/mol. The minimum atomic E-state index is -5.16. The highest BCUT2D eigenvalue weighted by Gasteiger charge is 2.63. The van der Waals surface area contributed by atoms with Crippen molar-refractivity contribution in [2.75, 3.05) is 12.4 Å². The van der Waals surface area contributed by atoms with Crippen molar-refractivity contribution in [3.8, 4) is 0 Å². The first kappa shape index (κ1) is 19.0. The molecule has 1 aromatic heterocycles. The number of benzene rings is 1. The molecule has 0 spiro atoms. The first-order chi connectivity index (χ1) is 11.5. The van der Waals surface area contributed by atoms with Crippen molar-refractivity contribution in [1.82, 2.24) is 10.3 Å². The Kier molecular flexibility index (Phi) is 4.94. The fourth-order valence-electron chi connectivity index (χ4n) is 2.25. The second kappa shape index (κ2) is 6.51. The number of carbonyl (C=O) groups is 2. The Balaban J connectivity index is 2.58. The smallest absolute Gasteiger partial charge is 0.442 e. The Hall–Kier alpha value is -2.36. The monoisotopic (exact) mass is 375 g/mol. The summed E-state index contributed by atoms with van der Waals surface area (Å²) in [6, 6.07) is 3.55. The van der Waals surface area contributed by atoms with E-state index in [1.54, 1.807) is 18.3 Å². The summed E-state index contributed by atoms with van der Waals surface area (Å²) in [6.07, 6.45) is -5.16. The number of methoxy groups -OCH3 is 1. The zero-order valence-electron chi connectivity index (χ0n) is 13.9. The molecule has 0 unspecified atom stereocenters. The third kappa shape index (κ3) is 3.39. The maximum Gasteiger partial charge on any atom is 0.442 e. The predicted molar refractivity (Wildman–Crippen MR) is 87.3 cm³/mol. The van der Waals surface area contributed by atoms with Crippen LogP contribution in [0.5, 0.6) is 0 Å². The minimum absolute atomic E-state index is 0.167. The van der Waals surface area contributed by atoms with Crippen LogP contribution in [0.4, 0.5) is 18.3 Å². The van der Waals surface area contributed by atoms with Crippen molar-refractivity contribution in [2.24, 2.45) is 0 Å². The predicted octanol–water partition coefficient (Wildman–Crippen LogP) is 2.89. The molecule has 10 heteroatoms. The molecule has 0 bridgehead atoms. The first-order valence-corrected chi connectivity index (χ1v) is 7.92. The van der Waals surface area contributed by atoms with Crippen LogP contribution in [0.1, 0.15) is 18.1 Å². The van der Waals surface area contributed by atoms with E-state index in [4.69, 9.17) is 0 Å². The molecule has 0 saturated heterocycles. The van der Waals surface area contributed by atoms with Crippen molar-refractivity contribution >= 4 is 38.6 Å². The Bertz CT molecular complexity index is 835. The molecule has 1 aromatic carbocycles. The van der Waals surface area contributed by atoms with E-state index < -0.39 is 23.7 Å². The van der Waals surface area contributed by atoms with Crippen LogP contribution in [0.25, 0.3) is 10.2 Å². The molecule has 1 atom stereocenters. The summed E-state index contributed by atoms with van der Waals surface area (Å²) in [5.74, 6) is -2.74. The van der Waals surface area contributed by atoms with Gasteiger partial charge in [0.05, 0.1) is 17.3 Å². The number of ether oxygens (including phenoxy) is 1. The topological polar surface area (TPSA) is 80.3 Å². The number of carbonyl (C=O) groups excluding carboxylic acids is 2. The van der Waals surface area contributed by atoms with Gasteiger partial charge in [-0.25, -0.2) is 9.78 Å². The molecule has 2 N–H and O–H groups in total. The van der Waals surface area contributed by atoms with Crippen molar-refractivity contribution < 1.29 is 27.5 Å². The average Bonchev–Trinajstić information content (AvgIpc) is 2.91. The number of fused-ring (bicyclic) bond motifs is 1. The third-order valence-electron chi connectivity index (χ3n) is 3.66. The van der Waals surface area contributed by atoms with Crippen LogP contribution in [-0.4, -0.2) is 35.8 Å². The number of hydrogen-bond donors (Lipinski definition) is 2. The van der Waals surface area contributed by atoms with Gasteiger partial charge in [0.15, 0.2) is 5.13 Å². The average molecular weight is 375 g/mol. The van der Waals surface area contributed by atoms with Crippen molar-refractivity contribution in [3.63, 3.8) is 0 Å². The van der Waals surface area contributed by atoms with E-state index in [9.17, 15) is 22.8 Å². The molecule has 0 aliphatic carbocycles. The number of nitrogens with zero attached hydrogens (tertiary/aromatic N) is 1. The number of aromatic nitrogens is 1. The van der Waals surface area contributed by atoms with Gasteiger partial charge in [0, 0.05) is 6.92 Å². The van der Waals surface area contributed by atoms with Crippen molar-refractivity contribution in [3.05, 3.63) is 23.3 Å². The van der Waals surface area contributed by atoms with Gasteiger partial charge >= 0.3 is 17.8 Å². The Labute approximate surface area is 145 Å². The summed E-state index contributed by atoms with van der Waals surface area (Å²) >= 11 is 0.937. The number of rotatable bonds is 4. The highest BCUT2D eigenvalue weighted by atomic mass is 32.1. The van der Waals surface area contributed by atoms with Crippen LogP contribution in [-0.2, 0) is 14.3 Å².